The van der Waals surface area contributed by atoms with Gasteiger partial charge in [0.25, 0.3) is 0 Å². The number of epoxide rings is 1. The SMILES string of the molecule is CCCCOC(=O)C12CCCCC1O2. The van der Waals surface area contributed by atoms with E-state index in [9.17, 15) is 4.79 Å². The normalized spacial score (nSPS) is 34.8. The molecule has 14 heavy (non-hydrogen) atoms. The number of esters is 1. The Hall–Kier alpha value is -0.570. The molecule has 3 nitrogen and oxygen atoms in total. The fourth-order valence-corrected chi connectivity index (χ4v) is 2.16. The van der Waals surface area contributed by atoms with E-state index in [2.05, 4.69) is 6.92 Å². The lowest BCUT2D eigenvalue weighted by molar-refractivity contribution is -0.150. The second kappa shape index (κ2) is 3.89. The molecule has 2 atom stereocenters. The lowest BCUT2D eigenvalue weighted by atomic mass is 9.89. The van der Waals surface area contributed by atoms with Crippen LogP contribution in [0.25, 0.3) is 0 Å². The van der Waals surface area contributed by atoms with Crippen LogP contribution < -0.4 is 0 Å². The van der Waals surface area contributed by atoms with E-state index >= 15 is 0 Å². The monoisotopic (exact) mass is 198 g/mol. The summed E-state index contributed by atoms with van der Waals surface area (Å²) in [4.78, 5) is 11.7. The molecule has 3 heteroatoms. The van der Waals surface area contributed by atoms with Crippen LogP contribution in [0.4, 0.5) is 0 Å². The summed E-state index contributed by atoms with van der Waals surface area (Å²) < 4.78 is 10.7. The molecule has 1 aliphatic heterocycles. The highest BCUT2D eigenvalue weighted by atomic mass is 16.7. The van der Waals surface area contributed by atoms with Crippen LogP contribution >= 0.6 is 0 Å². The third-order valence-corrected chi connectivity index (χ3v) is 3.16. The first-order valence-electron chi connectivity index (χ1n) is 5.64. The number of carbonyl (C=O) groups excluding carboxylic acids is 1. The molecular weight excluding hydrogens is 180 g/mol. The van der Waals surface area contributed by atoms with E-state index in [0.717, 1.165) is 32.1 Å². The summed E-state index contributed by atoms with van der Waals surface area (Å²) in [5.74, 6) is -0.115. The van der Waals surface area contributed by atoms with Crippen LogP contribution in [-0.2, 0) is 14.3 Å². The first kappa shape index (κ1) is 9.97. The zero-order valence-electron chi connectivity index (χ0n) is 8.75. The van der Waals surface area contributed by atoms with Gasteiger partial charge in [0.2, 0.25) is 0 Å². The number of hydrogen-bond donors (Lipinski definition) is 0. The number of fused-ring (bicyclic) bond motifs is 1. The second-order valence-electron chi connectivity index (χ2n) is 4.23. The molecule has 0 amide bonds. The van der Waals surface area contributed by atoms with Crippen molar-refractivity contribution in [3.05, 3.63) is 0 Å². The van der Waals surface area contributed by atoms with Crippen LogP contribution in [0, 0.1) is 0 Å². The van der Waals surface area contributed by atoms with Crippen LogP contribution in [-0.4, -0.2) is 24.3 Å². The van der Waals surface area contributed by atoms with Gasteiger partial charge in [-0.1, -0.05) is 19.8 Å². The van der Waals surface area contributed by atoms with Crippen molar-refractivity contribution in [2.24, 2.45) is 0 Å². The van der Waals surface area contributed by atoms with Gasteiger partial charge in [-0.15, -0.1) is 0 Å². The molecule has 0 bridgehead atoms. The van der Waals surface area contributed by atoms with Crippen molar-refractivity contribution in [1.29, 1.82) is 0 Å². The third kappa shape index (κ3) is 1.65. The van der Waals surface area contributed by atoms with Crippen LogP contribution in [0.15, 0.2) is 0 Å². The number of ether oxygens (including phenoxy) is 2. The summed E-state index contributed by atoms with van der Waals surface area (Å²) >= 11 is 0. The fraction of sp³-hybridized carbons (Fsp3) is 0.909. The number of unbranched alkanes of at least 4 members (excludes halogenated alkanes) is 1. The lowest BCUT2D eigenvalue weighted by Crippen LogP contribution is -2.32. The quantitative estimate of drug-likeness (QED) is 0.394. The van der Waals surface area contributed by atoms with Crippen LogP contribution in [0.5, 0.6) is 0 Å². The van der Waals surface area contributed by atoms with Gasteiger partial charge in [0.15, 0.2) is 5.60 Å². The van der Waals surface area contributed by atoms with Gasteiger partial charge < -0.3 is 9.47 Å². The van der Waals surface area contributed by atoms with Crippen molar-refractivity contribution in [3.63, 3.8) is 0 Å². The molecule has 2 fully saturated rings. The minimum atomic E-state index is -0.508. The van der Waals surface area contributed by atoms with E-state index in [1.54, 1.807) is 0 Å². The topological polar surface area (TPSA) is 38.8 Å². The van der Waals surface area contributed by atoms with Crippen molar-refractivity contribution >= 4 is 5.97 Å². The van der Waals surface area contributed by atoms with Gasteiger partial charge >= 0.3 is 5.97 Å². The largest absolute Gasteiger partial charge is 0.463 e. The molecule has 1 aliphatic carbocycles. The Morgan fingerprint density at radius 2 is 2.43 bits per heavy atom. The maximum atomic E-state index is 11.7. The molecule has 1 heterocycles. The Bertz CT molecular complexity index is 227. The van der Waals surface area contributed by atoms with E-state index in [-0.39, 0.29) is 12.1 Å². The zero-order chi connectivity index (χ0) is 10.0. The number of carbonyl (C=O) groups is 1. The Labute approximate surface area is 84.8 Å². The first-order chi connectivity index (χ1) is 6.79. The van der Waals surface area contributed by atoms with Crippen molar-refractivity contribution in [1.82, 2.24) is 0 Å². The van der Waals surface area contributed by atoms with Gasteiger partial charge in [0.1, 0.15) is 0 Å². The van der Waals surface area contributed by atoms with Crippen molar-refractivity contribution in [2.75, 3.05) is 6.61 Å². The van der Waals surface area contributed by atoms with Crippen LogP contribution in [0.3, 0.4) is 0 Å². The summed E-state index contributed by atoms with van der Waals surface area (Å²) in [5, 5.41) is 0. The van der Waals surface area contributed by atoms with E-state index in [1.165, 1.54) is 6.42 Å². The van der Waals surface area contributed by atoms with E-state index in [0.29, 0.717) is 6.61 Å². The van der Waals surface area contributed by atoms with Crippen molar-refractivity contribution in [2.45, 2.75) is 57.2 Å². The third-order valence-electron chi connectivity index (χ3n) is 3.16. The number of rotatable bonds is 4. The highest BCUT2D eigenvalue weighted by molar-refractivity contribution is 5.83. The van der Waals surface area contributed by atoms with Gasteiger partial charge in [-0.25, -0.2) is 4.79 Å². The maximum absolute atomic E-state index is 11.7. The highest BCUT2D eigenvalue weighted by Crippen LogP contribution is 2.48. The van der Waals surface area contributed by atoms with E-state index in [1.807, 2.05) is 0 Å². The molecule has 0 aromatic heterocycles. The minimum absolute atomic E-state index is 0.115. The predicted octanol–water partition coefficient (Wildman–Crippen LogP) is 2.04. The Balaban J connectivity index is 1.80. The van der Waals surface area contributed by atoms with Gasteiger partial charge in [-0.2, -0.15) is 0 Å². The molecule has 1 saturated carbocycles. The summed E-state index contributed by atoms with van der Waals surface area (Å²) in [7, 11) is 0. The van der Waals surface area contributed by atoms with Crippen molar-refractivity contribution in [3.8, 4) is 0 Å². The van der Waals surface area contributed by atoms with Crippen molar-refractivity contribution < 1.29 is 14.3 Å². The molecule has 0 aromatic rings. The maximum Gasteiger partial charge on any atom is 0.341 e. The molecule has 0 aromatic carbocycles. The Kier molecular flexibility index (Phi) is 2.77. The zero-order valence-corrected chi connectivity index (χ0v) is 8.75. The summed E-state index contributed by atoms with van der Waals surface area (Å²) in [5.41, 5.74) is -0.508. The number of hydrogen-bond acceptors (Lipinski definition) is 3. The smallest absolute Gasteiger partial charge is 0.341 e. The van der Waals surface area contributed by atoms with Gasteiger partial charge in [-0.3, -0.25) is 0 Å². The molecule has 0 spiro atoms. The van der Waals surface area contributed by atoms with Crippen LogP contribution in [0.2, 0.25) is 0 Å². The minimum Gasteiger partial charge on any atom is -0.463 e. The van der Waals surface area contributed by atoms with E-state index < -0.39 is 5.60 Å². The van der Waals surface area contributed by atoms with Gasteiger partial charge in [-0.05, 0) is 25.7 Å². The first-order valence-corrected chi connectivity index (χ1v) is 5.64. The molecule has 2 rings (SSSR count). The Morgan fingerprint density at radius 1 is 1.57 bits per heavy atom. The molecule has 0 N–H and O–H groups in total. The summed E-state index contributed by atoms with van der Waals surface area (Å²) in [6.45, 7) is 2.64. The van der Waals surface area contributed by atoms with Crippen LogP contribution in [0.1, 0.15) is 45.4 Å². The highest BCUT2D eigenvalue weighted by Gasteiger charge is 2.64. The molecule has 0 radical (unpaired) electrons. The van der Waals surface area contributed by atoms with Gasteiger partial charge in [0, 0.05) is 0 Å². The molecule has 2 unspecified atom stereocenters. The van der Waals surface area contributed by atoms with E-state index in [4.69, 9.17) is 9.47 Å². The molecular formula is C11H18O3. The fourth-order valence-electron chi connectivity index (χ4n) is 2.16. The second-order valence-corrected chi connectivity index (χ2v) is 4.23. The summed E-state index contributed by atoms with van der Waals surface area (Å²) in [6.07, 6.45) is 6.36. The van der Waals surface area contributed by atoms with Gasteiger partial charge in [0.05, 0.1) is 12.7 Å². The lowest BCUT2D eigenvalue weighted by Gasteiger charge is -2.15. The predicted molar refractivity (Wildman–Crippen MR) is 51.9 cm³/mol. The average Bonchev–Trinajstić information content (AvgIpc) is 2.93. The average molecular weight is 198 g/mol. The summed E-state index contributed by atoms with van der Waals surface area (Å²) in [6, 6.07) is 0. The molecule has 80 valence electrons. The molecule has 2 aliphatic rings. The Morgan fingerprint density at radius 3 is 3.14 bits per heavy atom. The standard InChI is InChI=1S/C11H18O3/c1-2-3-8-13-10(12)11-7-5-4-6-9(11)14-11/h9H,2-8H2,1H3. The molecule has 1 saturated heterocycles.